The van der Waals surface area contributed by atoms with Gasteiger partial charge in [0.15, 0.2) is 11.6 Å². The van der Waals surface area contributed by atoms with Crippen molar-refractivity contribution in [3.05, 3.63) is 83.7 Å². The topological polar surface area (TPSA) is 102 Å². The molecule has 31 heavy (non-hydrogen) atoms. The maximum absolute atomic E-state index is 12.6. The van der Waals surface area contributed by atoms with E-state index in [2.05, 4.69) is 25.3 Å². The molecule has 4 aromatic rings. The third-order valence-electron chi connectivity index (χ3n) is 4.81. The number of benzene rings is 2. The second kappa shape index (κ2) is 8.19. The summed E-state index contributed by atoms with van der Waals surface area (Å²) >= 11 is 0. The molecule has 0 spiro atoms. The molecule has 0 fully saturated rings. The molecule has 0 aliphatic rings. The van der Waals surface area contributed by atoms with Crippen molar-refractivity contribution in [1.29, 1.82) is 0 Å². The molecule has 0 bridgehead atoms. The molecular weight excluding hydrogens is 412 g/mol. The van der Waals surface area contributed by atoms with Crippen LogP contribution in [0.5, 0.6) is 0 Å². The average Bonchev–Trinajstić information content (AvgIpc) is 3.18. The minimum atomic E-state index is -3.65. The molecule has 0 unspecified atom stereocenters. The second-order valence-corrected chi connectivity index (χ2v) is 8.91. The summed E-state index contributed by atoms with van der Waals surface area (Å²) in [6.45, 7) is 5.74. The first-order valence-electron chi connectivity index (χ1n) is 9.64. The highest BCUT2D eigenvalue weighted by Gasteiger charge is 2.15. The Morgan fingerprint density at radius 3 is 2.16 bits per heavy atom. The Bertz CT molecular complexity index is 1310. The fourth-order valence-corrected chi connectivity index (χ4v) is 4.06. The first-order valence-corrected chi connectivity index (χ1v) is 11.1. The molecule has 2 aromatic carbocycles. The molecule has 0 atom stereocenters. The van der Waals surface area contributed by atoms with Crippen LogP contribution in [0.4, 0.5) is 17.2 Å². The molecule has 158 valence electrons. The normalized spacial score (nSPS) is 11.3. The molecule has 9 heteroatoms. The van der Waals surface area contributed by atoms with Gasteiger partial charge in [-0.2, -0.15) is 5.10 Å². The number of sulfonamides is 1. The first kappa shape index (κ1) is 20.5. The molecular formula is C22H22N6O2S. The van der Waals surface area contributed by atoms with E-state index < -0.39 is 10.0 Å². The predicted molar refractivity (Wildman–Crippen MR) is 120 cm³/mol. The van der Waals surface area contributed by atoms with Crippen LogP contribution in [-0.4, -0.2) is 28.4 Å². The number of rotatable bonds is 6. The van der Waals surface area contributed by atoms with E-state index in [4.69, 9.17) is 0 Å². The zero-order valence-corrected chi connectivity index (χ0v) is 18.2. The molecule has 0 aliphatic heterocycles. The molecule has 4 rings (SSSR count). The zero-order chi connectivity index (χ0) is 22.0. The highest BCUT2D eigenvalue weighted by Crippen LogP contribution is 2.21. The van der Waals surface area contributed by atoms with Crippen LogP contribution in [-0.2, 0) is 10.0 Å². The lowest BCUT2D eigenvalue weighted by molar-refractivity contribution is 0.601. The molecule has 0 saturated heterocycles. The lowest BCUT2D eigenvalue weighted by Gasteiger charge is -2.11. The standard InChI is InChI=1S/C22H22N6O2S/c1-15-4-9-20(14-16(15)2)31(29,30)27-19-7-5-18(6-8-19)23-21-10-11-22(25-24-21)28-13-12-17(3)26-28/h4-14,27H,1-3H3,(H,23,24). The Balaban J connectivity index is 1.44. The Morgan fingerprint density at radius 1 is 0.806 bits per heavy atom. The Hall–Kier alpha value is -3.72. The van der Waals surface area contributed by atoms with Crippen molar-refractivity contribution in [2.75, 3.05) is 10.0 Å². The number of hydrogen-bond acceptors (Lipinski definition) is 6. The number of aryl methyl sites for hydroxylation is 3. The summed E-state index contributed by atoms with van der Waals surface area (Å²) in [4.78, 5) is 0.237. The summed E-state index contributed by atoms with van der Waals surface area (Å²) in [6.07, 6.45) is 1.82. The van der Waals surface area contributed by atoms with E-state index in [0.29, 0.717) is 17.3 Å². The molecule has 0 saturated carbocycles. The summed E-state index contributed by atoms with van der Waals surface area (Å²) in [7, 11) is -3.65. The van der Waals surface area contributed by atoms with E-state index in [1.54, 1.807) is 53.2 Å². The van der Waals surface area contributed by atoms with Crippen molar-refractivity contribution in [2.45, 2.75) is 25.7 Å². The third-order valence-corrected chi connectivity index (χ3v) is 6.18. The van der Waals surface area contributed by atoms with Crippen LogP contribution in [0.15, 0.2) is 71.8 Å². The quantitative estimate of drug-likeness (QED) is 0.473. The van der Waals surface area contributed by atoms with Crippen molar-refractivity contribution < 1.29 is 8.42 Å². The van der Waals surface area contributed by atoms with Crippen molar-refractivity contribution >= 4 is 27.2 Å². The minimum absolute atomic E-state index is 0.237. The molecule has 0 aliphatic carbocycles. The van der Waals surface area contributed by atoms with Gasteiger partial charge in [-0.1, -0.05) is 6.07 Å². The number of nitrogens with one attached hydrogen (secondary N) is 2. The predicted octanol–water partition coefficient (Wildman–Crippen LogP) is 4.13. The monoisotopic (exact) mass is 434 g/mol. The summed E-state index contributed by atoms with van der Waals surface area (Å²) < 4.78 is 29.5. The van der Waals surface area contributed by atoms with Gasteiger partial charge in [0.05, 0.1) is 10.6 Å². The maximum Gasteiger partial charge on any atom is 0.261 e. The van der Waals surface area contributed by atoms with Gasteiger partial charge in [0, 0.05) is 17.6 Å². The number of anilines is 3. The highest BCUT2D eigenvalue weighted by molar-refractivity contribution is 7.92. The van der Waals surface area contributed by atoms with Crippen LogP contribution in [0.3, 0.4) is 0 Å². The summed E-state index contributed by atoms with van der Waals surface area (Å²) in [5.41, 5.74) is 4.10. The fraction of sp³-hybridized carbons (Fsp3) is 0.136. The third kappa shape index (κ3) is 4.72. The minimum Gasteiger partial charge on any atom is -0.339 e. The van der Waals surface area contributed by atoms with E-state index >= 15 is 0 Å². The fourth-order valence-electron chi connectivity index (χ4n) is 2.92. The Morgan fingerprint density at radius 2 is 1.55 bits per heavy atom. The molecule has 0 radical (unpaired) electrons. The number of hydrogen-bond donors (Lipinski definition) is 2. The molecule has 0 amide bonds. The summed E-state index contributed by atoms with van der Waals surface area (Å²) in [5, 5.41) is 15.8. The van der Waals surface area contributed by atoms with E-state index in [1.807, 2.05) is 39.1 Å². The lowest BCUT2D eigenvalue weighted by atomic mass is 10.1. The summed E-state index contributed by atoms with van der Waals surface area (Å²) in [6, 6.07) is 17.5. The van der Waals surface area contributed by atoms with Crippen LogP contribution in [0.25, 0.3) is 5.82 Å². The van der Waals surface area contributed by atoms with Gasteiger partial charge < -0.3 is 5.32 Å². The SMILES string of the molecule is Cc1ccn(-c2ccc(Nc3ccc(NS(=O)(=O)c4ccc(C)c(C)c4)cc3)nn2)n1. The van der Waals surface area contributed by atoms with Gasteiger partial charge in [-0.05, 0) is 86.5 Å². The lowest BCUT2D eigenvalue weighted by Crippen LogP contribution is -2.13. The van der Waals surface area contributed by atoms with Gasteiger partial charge >= 0.3 is 0 Å². The smallest absolute Gasteiger partial charge is 0.261 e. The van der Waals surface area contributed by atoms with Gasteiger partial charge in [0.1, 0.15) is 0 Å². The van der Waals surface area contributed by atoms with Gasteiger partial charge in [-0.15, -0.1) is 10.2 Å². The van der Waals surface area contributed by atoms with Crippen LogP contribution in [0, 0.1) is 20.8 Å². The van der Waals surface area contributed by atoms with E-state index in [1.165, 1.54) is 0 Å². The largest absolute Gasteiger partial charge is 0.339 e. The average molecular weight is 435 g/mol. The Labute approximate surface area is 181 Å². The zero-order valence-electron chi connectivity index (χ0n) is 17.4. The molecule has 8 nitrogen and oxygen atoms in total. The maximum atomic E-state index is 12.6. The van der Waals surface area contributed by atoms with Gasteiger partial charge in [0.2, 0.25) is 0 Å². The number of nitrogens with zero attached hydrogens (tertiary/aromatic N) is 4. The van der Waals surface area contributed by atoms with E-state index in [-0.39, 0.29) is 4.90 Å². The Kier molecular flexibility index (Phi) is 5.43. The van der Waals surface area contributed by atoms with Gasteiger partial charge in [0.25, 0.3) is 10.0 Å². The molecule has 2 aromatic heterocycles. The van der Waals surface area contributed by atoms with Gasteiger partial charge in [-0.25, -0.2) is 13.1 Å². The van der Waals surface area contributed by atoms with Crippen molar-refractivity contribution in [3.8, 4) is 5.82 Å². The number of aromatic nitrogens is 4. The van der Waals surface area contributed by atoms with Crippen molar-refractivity contribution in [3.63, 3.8) is 0 Å². The first-order chi connectivity index (χ1) is 14.8. The van der Waals surface area contributed by atoms with Crippen LogP contribution >= 0.6 is 0 Å². The highest BCUT2D eigenvalue weighted by atomic mass is 32.2. The van der Waals surface area contributed by atoms with Gasteiger partial charge in [-0.3, -0.25) is 4.72 Å². The van der Waals surface area contributed by atoms with E-state index in [9.17, 15) is 8.42 Å². The van der Waals surface area contributed by atoms with Crippen LogP contribution in [0.1, 0.15) is 16.8 Å². The van der Waals surface area contributed by atoms with Crippen LogP contribution < -0.4 is 10.0 Å². The van der Waals surface area contributed by atoms with Crippen LogP contribution in [0.2, 0.25) is 0 Å². The summed E-state index contributed by atoms with van der Waals surface area (Å²) in [5.74, 6) is 1.19. The van der Waals surface area contributed by atoms with Crippen molar-refractivity contribution in [2.24, 2.45) is 0 Å². The van der Waals surface area contributed by atoms with E-state index in [0.717, 1.165) is 22.5 Å². The second-order valence-electron chi connectivity index (χ2n) is 7.23. The molecule has 2 heterocycles. The molecule has 2 N–H and O–H groups in total. The van der Waals surface area contributed by atoms with Crippen molar-refractivity contribution in [1.82, 2.24) is 20.0 Å².